The van der Waals surface area contributed by atoms with Crippen LogP contribution in [0, 0.1) is 5.41 Å². The second-order valence-corrected chi connectivity index (χ2v) is 8.61. The summed E-state index contributed by atoms with van der Waals surface area (Å²) in [6.07, 6.45) is 2.27. The van der Waals surface area contributed by atoms with Crippen molar-refractivity contribution in [1.29, 1.82) is 0 Å². The molecule has 1 unspecified atom stereocenters. The van der Waals surface area contributed by atoms with E-state index in [2.05, 4.69) is 5.32 Å². The molecule has 32 heavy (non-hydrogen) atoms. The molecule has 1 aliphatic heterocycles. The Morgan fingerprint density at radius 2 is 1.88 bits per heavy atom. The molecule has 1 amide bonds. The largest absolute Gasteiger partial charge is 0.468 e. The van der Waals surface area contributed by atoms with Gasteiger partial charge in [-0.25, -0.2) is 4.79 Å². The Balaban J connectivity index is 1.84. The van der Waals surface area contributed by atoms with Crippen LogP contribution in [-0.2, 0) is 19.1 Å². The number of ether oxygens (including phenoxy) is 2. The van der Waals surface area contributed by atoms with Gasteiger partial charge in [-0.3, -0.25) is 14.9 Å². The standard InChI is InChI=1S/C25H25NO6/c1-4-30-24(29)21-20(17-11-8-12-31-17)19-16(27)13-25(2,3)14-18(19)32-23(21)26-22(28)15-9-6-5-7-10-15/h5-12,20H,4,13-14H2,1-3H3,(H,26,28). The Morgan fingerprint density at radius 3 is 2.53 bits per heavy atom. The molecule has 2 aliphatic rings. The fraction of sp³-hybridized carbons (Fsp3) is 0.320. The summed E-state index contributed by atoms with van der Waals surface area (Å²) in [6.45, 7) is 5.77. The van der Waals surface area contributed by atoms with Crippen molar-refractivity contribution in [3.8, 4) is 0 Å². The molecule has 0 saturated carbocycles. The van der Waals surface area contributed by atoms with Gasteiger partial charge in [0.2, 0.25) is 5.88 Å². The van der Waals surface area contributed by atoms with Gasteiger partial charge in [0, 0.05) is 24.0 Å². The first-order chi connectivity index (χ1) is 15.3. The lowest BCUT2D eigenvalue weighted by Gasteiger charge is -2.37. The van der Waals surface area contributed by atoms with Crippen molar-refractivity contribution in [2.24, 2.45) is 5.41 Å². The Labute approximate surface area is 186 Å². The van der Waals surface area contributed by atoms with Gasteiger partial charge in [0.05, 0.1) is 18.8 Å². The average Bonchev–Trinajstić information content (AvgIpc) is 3.27. The molecule has 0 spiro atoms. The van der Waals surface area contributed by atoms with Crippen LogP contribution in [0.2, 0.25) is 0 Å². The molecular formula is C25H25NO6. The number of amides is 1. The van der Waals surface area contributed by atoms with E-state index in [1.54, 1.807) is 49.4 Å². The number of benzene rings is 1. The molecule has 1 atom stereocenters. The number of ketones is 1. The number of Topliss-reactive ketones (excluding diaryl/α,β-unsaturated/α-hetero) is 1. The zero-order chi connectivity index (χ0) is 22.9. The highest BCUT2D eigenvalue weighted by Gasteiger charge is 2.46. The molecule has 7 nitrogen and oxygen atoms in total. The number of allylic oxidation sites excluding steroid dienone is 2. The molecular weight excluding hydrogens is 410 g/mol. The summed E-state index contributed by atoms with van der Waals surface area (Å²) < 4.78 is 17.0. The lowest BCUT2D eigenvalue weighted by molar-refractivity contribution is -0.139. The first kappa shape index (κ1) is 21.6. The highest BCUT2D eigenvalue weighted by Crippen LogP contribution is 2.48. The third-order valence-electron chi connectivity index (χ3n) is 5.51. The topological polar surface area (TPSA) is 94.8 Å². The molecule has 0 bridgehead atoms. The van der Waals surface area contributed by atoms with E-state index >= 15 is 0 Å². The van der Waals surface area contributed by atoms with Crippen molar-refractivity contribution in [2.75, 3.05) is 6.61 Å². The Bertz CT molecular complexity index is 1110. The number of hydrogen-bond donors (Lipinski definition) is 1. The molecule has 0 radical (unpaired) electrons. The van der Waals surface area contributed by atoms with Crippen LogP contribution >= 0.6 is 0 Å². The molecule has 0 fully saturated rings. The van der Waals surface area contributed by atoms with Crippen LogP contribution in [0.15, 0.2) is 75.9 Å². The minimum absolute atomic E-state index is 0.0389. The van der Waals surface area contributed by atoms with Crippen molar-refractivity contribution in [3.05, 3.63) is 82.8 Å². The van der Waals surface area contributed by atoms with Crippen molar-refractivity contribution in [1.82, 2.24) is 5.32 Å². The number of rotatable bonds is 5. The van der Waals surface area contributed by atoms with Crippen LogP contribution in [0.25, 0.3) is 0 Å². The lowest BCUT2D eigenvalue weighted by atomic mass is 9.71. The number of carbonyl (C=O) groups excluding carboxylic acids is 3. The Kier molecular flexibility index (Phi) is 5.74. The molecule has 1 aromatic heterocycles. The van der Waals surface area contributed by atoms with Crippen LogP contribution in [0.5, 0.6) is 0 Å². The first-order valence-electron chi connectivity index (χ1n) is 10.6. The van der Waals surface area contributed by atoms with Gasteiger partial charge < -0.3 is 13.9 Å². The maximum absolute atomic E-state index is 13.2. The number of nitrogens with one attached hydrogen (secondary N) is 1. The van der Waals surface area contributed by atoms with Gasteiger partial charge in [-0.15, -0.1) is 0 Å². The summed E-state index contributed by atoms with van der Waals surface area (Å²) >= 11 is 0. The van der Waals surface area contributed by atoms with Crippen molar-refractivity contribution >= 4 is 17.7 Å². The molecule has 166 valence electrons. The second-order valence-electron chi connectivity index (χ2n) is 8.61. The highest BCUT2D eigenvalue weighted by molar-refractivity contribution is 6.04. The zero-order valence-corrected chi connectivity index (χ0v) is 18.3. The third kappa shape index (κ3) is 4.10. The second kappa shape index (κ2) is 8.49. The minimum Gasteiger partial charge on any atom is -0.468 e. The van der Waals surface area contributed by atoms with E-state index in [1.807, 2.05) is 13.8 Å². The lowest BCUT2D eigenvalue weighted by Crippen LogP contribution is -2.38. The Morgan fingerprint density at radius 1 is 1.12 bits per heavy atom. The number of hydrogen-bond acceptors (Lipinski definition) is 6. The third-order valence-corrected chi connectivity index (χ3v) is 5.51. The van der Waals surface area contributed by atoms with Gasteiger partial charge >= 0.3 is 5.97 Å². The summed E-state index contributed by atoms with van der Waals surface area (Å²) in [4.78, 5) is 39.1. The van der Waals surface area contributed by atoms with E-state index in [0.717, 1.165) is 0 Å². The van der Waals surface area contributed by atoms with Gasteiger partial charge in [0.1, 0.15) is 17.1 Å². The monoisotopic (exact) mass is 435 g/mol. The predicted molar refractivity (Wildman–Crippen MR) is 115 cm³/mol. The zero-order valence-electron chi connectivity index (χ0n) is 18.3. The fourth-order valence-electron chi connectivity index (χ4n) is 4.16. The van der Waals surface area contributed by atoms with E-state index in [4.69, 9.17) is 13.9 Å². The maximum atomic E-state index is 13.2. The molecule has 0 saturated heterocycles. The normalized spacial score (nSPS) is 19.8. The summed E-state index contributed by atoms with van der Waals surface area (Å²) in [7, 11) is 0. The molecule has 1 aliphatic carbocycles. The summed E-state index contributed by atoms with van der Waals surface area (Å²) in [5.74, 6) is -1.27. The smallest absolute Gasteiger partial charge is 0.340 e. The minimum atomic E-state index is -0.831. The van der Waals surface area contributed by atoms with Crippen molar-refractivity contribution < 1.29 is 28.3 Å². The van der Waals surface area contributed by atoms with E-state index in [1.165, 1.54) is 6.26 Å². The van der Waals surface area contributed by atoms with Crippen LogP contribution in [0.3, 0.4) is 0 Å². The number of furan rings is 1. The van der Waals surface area contributed by atoms with Gasteiger partial charge in [0.25, 0.3) is 5.91 Å². The van der Waals surface area contributed by atoms with Gasteiger partial charge in [-0.1, -0.05) is 32.0 Å². The predicted octanol–water partition coefficient (Wildman–Crippen LogP) is 4.24. The molecule has 1 aromatic carbocycles. The fourth-order valence-corrected chi connectivity index (χ4v) is 4.16. The number of esters is 1. The molecule has 1 N–H and O–H groups in total. The van der Waals surface area contributed by atoms with E-state index in [0.29, 0.717) is 35.5 Å². The molecule has 2 heterocycles. The van der Waals surface area contributed by atoms with E-state index < -0.39 is 17.8 Å². The summed E-state index contributed by atoms with van der Waals surface area (Å²) in [5.41, 5.74) is 0.499. The van der Waals surface area contributed by atoms with Crippen LogP contribution in [0.4, 0.5) is 0 Å². The van der Waals surface area contributed by atoms with Crippen LogP contribution in [0.1, 0.15) is 55.6 Å². The average molecular weight is 435 g/mol. The van der Waals surface area contributed by atoms with Crippen LogP contribution in [-0.4, -0.2) is 24.3 Å². The Hall–Kier alpha value is -3.61. The highest BCUT2D eigenvalue weighted by atomic mass is 16.5. The molecule has 2 aromatic rings. The quantitative estimate of drug-likeness (QED) is 0.706. The molecule has 4 rings (SSSR count). The summed E-state index contributed by atoms with van der Waals surface area (Å²) in [6, 6.07) is 12.0. The van der Waals surface area contributed by atoms with E-state index in [-0.39, 0.29) is 29.3 Å². The first-order valence-corrected chi connectivity index (χ1v) is 10.6. The number of carbonyl (C=O) groups is 3. The van der Waals surface area contributed by atoms with Gasteiger partial charge in [0.15, 0.2) is 5.78 Å². The van der Waals surface area contributed by atoms with Crippen LogP contribution < -0.4 is 5.32 Å². The van der Waals surface area contributed by atoms with Gasteiger partial charge in [-0.05, 0) is 36.6 Å². The SMILES string of the molecule is CCOC(=O)C1=C(NC(=O)c2ccccc2)OC2=C(C(=O)CC(C)(C)C2)C1c1ccco1. The van der Waals surface area contributed by atoms with Crippen molar-refractivity contribution in [2.45, 2.75) is 39.5 Å². The maximum Gasteiger partial charge on any atom is 0.340 e. The summed E-state index contributed by atoms with van der Waals surface area (Å²) in [5, 5.41) is 2.72. The van der Waals surface area contributed by atoms with Gasteiger partial charge in [-0.2, -0.15) is 0 Å². The van der Waals surface area contributed by atoms with Crippen molar-refractivity contribution in [3.63, 3.8) is 0 Å². The van der Waals surface area contributed by atoms with E-state index in [9.17, 15) is 14.4 Å². The molecule has 7 heteroatoms.